The average molecular weight is 341 g/mol. The van der Waals surface area contributed by atoms with Crippen molar-refractivity contribution in [2.45, 2.75) is 130 Å². The highest BCUT2D eigenvalue weighted by atomic mass is 16.5. The zero-order valence-corrected chi connectivity index (χ0v) is 17.6. The topological polar surface area (TPSA) is 9.23 Å². The molecule has 0 radical (unpaired) electrons. The zero-order valence-electron chi connectivity index (χ0n) is 17.6. The van der Waals surface area contributed by atoms with Gasteiger partial charge in [0.1, 0.15) is 0 Å². The number of rotatable bonds is 19. The summed E-state index contributed by atoms with van der Waals surface area (Å²) in [6, 6.07) is 0. The predicted molar refractivity (Wildman–Crippen MR) is 110 cm³/mol. The van der Waals surface area contributed by atoms with Crippen LogP contribution in [0.5, 0.6) is 0 Å². The lowest BCUT2D eigenvalue weighted by Gasteiger charge is -2.34. The van der Waals surface area contributed by atoms with E-state index >= 15 is 0 Å². The maximum atomic E-state index is 5.63. The van der Waals surface area contributed by atoms with Gasteiger partial charge in [0.15, 0.2) is 0 Å². The lowest BCUT2D eigenvalue weighted by Crippen LogP contribution is -2.20. The SMILES string of the molecule is CCCCOCCCCCCCCCC(CCC)(CCC)CCC. The number of hydrogen-bond acceptors (Lipinski definition) is 1. The second-order valence-electron chi connectivity index (χ2n) is 7.94. The van der Waals surface area contributed by atoms with Crippen LogP contribution in [0.15, 0.2) is 0 Å². The summed E-state index contributed by atoms with van der Waals surface area (Å²) in [6.07, 6.45) is 22.2. The molecule has 0 atom stereocenters. The Hall–Kier alpha value is -0.0400. The van der Waals surface area contributed by atoms with Gasteiger partial charge in [-0.15, -0.1) is 0 Å². The van der Waals surface area contributed by atoms with Crippen LogP contribution in [0.1, 0.15) is 130 Å². The van der Waals surface area contributed by atoms with Crippen LogP contribution in [-0.2, 0) is 4.74 Å². The molecular weight excluding hydrogens is 292 g/mol. The minimum Gasteiger partial charge on any atom is -0.381 e. The first-order valence-corrected chi connectivity index (χ1v) is 11.3. The molecule has 0 aliphatic heterocycles. The van der Waals surface area contributed by atoms with Crippen LogP contribution in [0.2, 0.25) is 0 Å². The Morgan fingerprint density at radius 2 is 0.917 bits per heavy atom. The van der Waals surface area contributed by atoms with Gasteiger partial charge in [0.2, 0.25) is 0 Å². The maximum Gasteiger partial charge on any atom is 0.0466 e. The summed E-state index contributed by atoms with van der Waals surface area (Å²) in [5, 5.41) is 0. The van der Waals surface area contributed by atoms with Gasteiger partial charge >= 0.3 is 0 Å². The molecule has 1 heteroatoms. The van der Waals surface area contributed by atoms with E-state index in [2.05, 4.69) is 27.7 Å². The normalized spacial score (nSPS) is 12.0. The van der Waals surface area contributed by atoms with E-state index in [1.54, 1.807) is 0 Å². The molecule has 0 fully saturated rings. The highest BCUT2D eigenvalue weighted by molar-refractivity contribution is 4.78. The lowest BCUT2D eigenvalue weighted by molar-refractivity contribution is 0.127. The van der Waals surface area contributed by atoms with Crippen LogP contribution in [0, 0.1) is 5.41 Å². The quantitative estimate of drug-likeness (QED) is 0.215. The van der Waals surface area contributed by atoms with Gasteiger partial charge in [-0.3, -0.25) is 0 Å². The van der Waals surface area contributed by atoms with Crippen LogP contribution in [0.4, 0.5) is 0 Å². The predicted octanol–water partition coefficient (Wildman–Crippen LogP) is 8.31. The molecule has 0 aromatic carbocycles. The Balaban J connectivity index is 3.60. The molecule has 0 N–H and O–H groups in total. The Bertz CT molecular complexity index is 219. The summed E-state index contributed by atoms with van der Waals surface area (Å²) in [7, 11) is 0. The van der Waals surface area contributed by atoms with E-state index in [4.69, 9.17) is 4.74 Å². The monoisotopic (exact) mass is 340 g/mol. The molecule has 146 valence electrons. The van der Waals surface area contributed by atoms with Crippen molar-refractivity contribution in [2.75, 3.05) is 13.2 Å². The number of hydrogen-bond donors (Lipinski definition) is 0. The molecule has 0 saturated carbocycles. The fourth-order valence-electron chi connectivity index (χ4n) is 4.28. The molecule has 0 saturated heterocycles. The maximum absolute atomic E-state index is 5.63. The highest BCUT2D eigenvalue weighted by Gasteiger charge is 2.26. The molecule has 0 aliphatic carbocycles. The Labute approximate surface area is 154 Å². The smallest absolute Gasteiger partial charge is 0.0466 e. The summed E-state index contributed by atoms with van der Waals surface area (Å²) in [5.74, 6) is 0. The molecule has 0 aromatic heterocycles. The van der Waals surface area contributed by atoms with E-state index in [-0.39, 0.29) is 0 Å². The molecule has 24 heavy (non-hydrogen) atoms. The van der Waals surface area contributed by atoms with Crippen LogP contribution in [-0.4, -0.2) is 13.2 Å². The van der Waals surface area contributed by atoms with Crippen molar-refractivity contribution >= 4 is 0 Å². The Morgan fingerprint density at radius 3 is 1.42 bits per heavy atom. The van der Waals surface area contributed by atoms with Gasteiger partial charge < -0.3 is 4.74 Å². The second-order valence-corrected chi connectivity index (χ2v) is 7.94. The van der Waals surface area contributed by atoms with E-state index in [9.17, 15) is 0 Å². The van der Waals surface area contributed by atoms with E-state index in [0.29, 0.717) is 5.41 Å². The molecule has 0 bridgehead atoms. The van der Waals surface area contributed by atoms with Gasteiger partial charge in [-0.2, -0.15) is 0 Å². The minimum absolute atomic E-state index is 0.675. The number of unbranched alkanes of at least 4 members (excludes halogenated alkanes) is 7. The van der Waals surface area contributed by atoms with Crippen molar-refractivity contribution < 1.29 is 4.74 Å². The van der Waals surface area contributed by atoms with Gasteiger partial charge in [-0.05, 0) is 43.9 Å². The third-order valence-electron chi connectivity index (χ3n) is 5.48. The first kappa shape index (κ1) is 24.0. The molecule has 0 unspecified atom stereocenters. The largest absolute Gasteiger partial charge is 0.381 e. The van der Waals surface area contributed by atoms with Gasteiger partial charge in [-0.1, -0.05) is 91.9 Å². The van der Waals surface area contributed by atoms with Crippen LogP contribution in [0.25, 0.3) is 0 Å². The van der Waals surface area contributed by atoms with Crippen molar-refractivity contribution in [3.63, 3.8) is 0 Å². The van der Waals surface area contributed by atoms with Crippen molar-refractivity contribution in [3.05, 3.63) is 0 Å². The van der Waals surface area contributed by atoms with Gasteiger partial charge in [0.25, 0.3) is 0 Å². The van der Waals surface area contributed by atoms with E-state index in [1.165, 1.54) is 103 Å². The number of ether oxygens (including phenoxy) is 1. The molecule has 0 amide bonds. The first-order valence-electron chi connectivity index (χ1n) is 11.3. The molecule has 0 aromatic rings. The van der Waals surface area contributed by atoms with Crippen molar-refractivity contribution in [3.8, 4) is 0 Å². The molecule has 0 rings (SSSR count). The van der Waals surface area contributed by atoms with Crippen molar-refractivity contribution in [1.29, 1.82) is 0 Å². The first-order chi connectivity index (χ1) is 11.7. The van der Waals surface area contributed by atoms with E-state index < -0.39 is 0 Å². The fraction of sp³-hybridized carbons (Fsp3) is 1.00. The molecule has 0 spiro atoms. The summed E-state index contributed by atoms with van der Waals surface area (Å²) in [6.45, 7) is 11.3. The van der Waals surface area contributed by atoms with Crippen LogP contribution >= 0.6 is 0 Å². The molecular formula is C23H48O. The molecule has 0 heterocycles. The molecule has 0 aliphatic rings. The fourth-order valence-corrected chi connectivity index (χ4v) is 4.28. The molecule has 1 nitrogen and oxygen atoms in total. The lowest BCUT2D eigenvalue weighted by atomic mass is 9.72. The van der Waals surface area contributed by atoms with Gasteiger partial charge in [-0.25, -0.2) is 0 Å². The van der Waals surface area contributed by atoms with Crippen LogP contribution < -0.4 is 0 Å². The average Bonchev–Trinajstić information content (AvgIpc) is 2.56. The van der Waals surface area contributed by atoms with E-state index in [1.807, 2.05) is 0 Å². The van der Waals surface area contributed by atoms with Gasteiger partial charge in [0, 0.05) is 13.2 Å². The van der Waals surface area contributed by atoms with Crippen molar-refractivity contribution in [1.82, 2.24) is 0 Å². The summed E-state index contributed by atoms with van der Waals surface area (Å²) in [4.78, 5) is 0. The summed E-state index contributed by atoms with van der Waals surface area (Å²) >= 11 is 0. The second kappa shape index (κ2) is 17.8. The summed E-state index contributed by atoms with van der Waals surface area (Å²) < 4.78 is 5.63. The Kier molecular flexibility index (Phi) is 17.7. The zero-order chi connectivity index (χ0) is 17.9. The minimum atomic E-state index is 0.675. The van der Waals surface area contributed by atoms with Crippen LogP contribution in [0.3, 0.4) is 0 Å². The Morgan fingerprint density at radius 1 is 0.458 bits per heavy atom. The standard InChI is InChI=1S/C23H48O/c1-5-9-21-24-22-16-14-12-10-11-13-15-20-23(17-6-2,18-7-3)19-8-4/h5-22H2,1-4H3. The highest BCUT2D eigenvalue weighted by Crippen LogP contribution is 2.40. The third-order valence-corrected chi connectivity index (χ3v) is 5.48. The van der Waals surface area contributed by atoms with E-state index in [0.717, 1.165) is 13.2 Å². The van der Waals surface area contributed by atoms with Gasteiger partial charge in [0.05, 0.1) is 0 Å². The van der Waals surface area contributed by atoms with Crippen molar-refractivity contribution in [2.24, 2.45) is 5.41 Å². The summed E-state index contributed by atoms with van der Waals surface area (Å²) in [5.41, 5.74) is 0.675. The third kappa shape index (κ3) is 13.3.